The van der Waals surface area contributed by atoms with E-state index in [-0.39, 0.29) is 11.9 Å². The van der Waals surface area contributed by atoms with Gasteiger partial charge in [0.05, 0.1) is 6.04 Å². The molecule has 0 aromatic heterocycles. The van der Waals surface area contributed by atoms with Gasteiger partial charge in [0.2, 0.25) is 5.91 Å². The van der Waals surface area contributed by atoms with E-state index < -0.39 is 0 Å². The van der Waals surface area contributed by atoms with Crippen LogP contribution in [-0.4, -0.2) is 21.9 Å². The van der Waals surface area contributed by atoms with Gasteiger partial charge in [0.15, 0.2) is 0 Å². The van der Waals surface area contributed by atoms with Gasteiger partial charge in [-0.2, -0.15) is 0 Å². The molecule has 1 amide bonds. The fraction of sp³-hybridized carbons (Fsp3) is 0.833. The van der Waals surface area contributed by atoms with E-state index in [1.807, 2.05) is 0 Å². The molecular weight excluding hydrogens is 243 g/mol. The van der Waals surface area contributed by atoms with E-state index in [1.54, 1.807) is 0 Å². The number of nitrogens with one attached hydrogen (secondary N) is 1. The summed E-state index contributed by atoms with van der Waals surface area (Å²) in [6, 6.07) is 0.541. The zero-order valence-electron chi connectivity index (χ0n) is 5.38. The van der Waals surface area contributed by atoms with Gasteiger partial charge in [-0.1, -0.05) is 22.6 Å². The summed E-state index contributed by atoms with van der Waals surface area (Å²) in [7, 11) is 0. The molecule has 2 fully saturated rings. The van der Waals surface area contributed by atoms with E-state index in [9.17, 15) is 4.79 Å². The van der Waals surface area contributed by atoms with Gasteiger partial charge >= 0.3 is 0 Å². The fourth-order valence-corrected chi connectivity index (χ4v) is 2.84. The van der Waals surface area contributed by atoms with Crippen molar-refractivity contribution in [3.63, 3.8) is 0 Å². The number of fused-ring (bicyclic) bond motifs is 1. The van der Waals surface area contributed by atoms with Crippen LogP contribution in [0.25, 0.3) is 0 Å². The molecule has 56 valence electrons. The van der Waals surface area contributed by atoms with Crippen molar-refractivity contribution in [1.29, 1.82) is 0 Å². The Labute approximate surface area is 72.9 Å². The summed E-state index contributed by atoms with van der Waals surface area (Å²) >= 11 is 2.41. The van der Waals surface area contributed by atoms with Crippen molar-refractivity contribution >= 4 is 28.5 Å². The van der Waals surface area contributed by atoms with Gasteiger partial charge in [-0.25, -0.2) is 0 Å². The maximum atomic E-state index is 10.6. The average Bonchev–Trinajstić information content (AvgIpc) is 2.38. The molecule has 4 atom stereocenters. The molecule has 0 bridgehead atoms. The van der Waals surface area contributed by atoms with Crippen LogP contribution in [0.3, 0.4) is 0 Å². The van der Waals surface area contributed by atoms with Crippen molar-refractivity contribution in [3.8, 4) is 0 Å². The average molecular weight is 252 g/mol. The first kappa shape index (κ1) is 6.84. The van der Waals surface area contributed by atoms with Crippen molar-refractivity contribution < 1.29 is 4.79 Å². The van der Waals surface area contributed by atoms with Crippen LogP contribution in [0.2, 0.25) is 0 Å². The van der Waals surface area contributed by atoms with E-state index in [1.165, 1.54) is 0 Å². The van der Waals surface area contributed by atoms with Crippen molar-refractivity contribution in [2.24, 2.45) is 11.7 Å². The highest BCUT2D eigenvalue weighted by Crippen LogP contribution is 2.46. The number of carbonyl (C=O) groups excluding carboxylic acids is 1. The molecule has 1 saturated carbocycles. The SMILES string of the molecule is NC(=O)[C@@H]1C[C@@H]2C(I)[C@@H]2N1. The van der Waals surface area contributed by atoms with Crippen molar-refractivity contribution in [2.75, 3.05) is 0 Å². The Morgan fingerprint density at radius 1 is 1.70 bits per heavy atom. The van der Waals surface area contributed by atoms with Crippen molar-refractivity contribution in [1.82, 2.24) is 5.32 Å². The third-order valence-corrected chi connectivity index (χ3v) is 4.02. The van der Waals surface area contributed by atoms with E-state index >= 15 is 0 Å². The summed E-state index contributed by atoms with van der Waals surface area (Å²) in [4.78, 5) is 10.6. The molecule has 1 aliphatic heterocycles. The van der Waals surface area contributed by atoms with Crippen molar-refractivity contribution in [3.05, 3.63) is 0 Å². The molecule has 10 heavy (non-hydrogen) atoms. The normalized spacial score (nSPS) is 50.5. The Kier molecular flexibility index (Phi) is 1.42. The van der Waals surface area contributed by atoms with Crippen LogP contribution >= 0.6 is 22.6 Å². The summed E-state index contributed by atoms with van der Waals surface area (Å²) in [6.45, 7) is 0. The molecule has 0 spiro atoms. The van der Waals surface area contributed by atoms with E-state index in [0.29, 0.717) is 6.04 Å². The number of alkyl halides is 1. The molecule has 4 heteroatoms. The smallest absolute Gasteiger partial charge is 0.234 e. The number of piperidine rings is 1. The van der Waals surface area contributed by atoms with Gasteiger partial charge in [0.1, 0.15) is 0 Å². The highest BCUT2D eigenvalue weighted by atomic mass is 127. The standard InChI is InChI=1S/C6H9IN2O/c7-4-2-1-3(6(8)10)9-5(2)4/h2-5,9H,1H2,(H2,8,10)/t2-,3+,4?,5-/m1/s1. The number of hydrogen-bond donors (Lipinski definition) is 2. The Morgan fingerprint density at radius 3 is 2.80 bits per heavy atom. The summed E-state index contributed by atoms with van der Waals surface area (Å²) < 4.78 is 0.744. The molecule has 3 N–H and O–H groups in total. The van der Waals surface area contributed by atoms with Gasteiger partial charge in [0.25, 0.3) is 0 Å². The first-order valence-corrected chi connectivity index (χ1v) is 4.64. The number of carbonyl (C=O) groups is 1. The lowest BCUT2D eigenvalue weighted by atomic mass is 10.2. The predicted molar refractivity (Wildman–Crippen MR) is 45.8 cm³/mol. The molecule has 0 aromatic carbocycles. The predicted octanol–water partition coefficient (Wildman–Crippen LogP) is -0.364. The fourth-order valence-electron chi connectivity index (χ4n) is 1.59. The molecular formula is C6H9IN2O. The minimum atomic E-state index is -0.198. The molecule has 0 radical (unpaired) electrons. The summed E-state index contributed by atoms with van der Waals surface area (Å²) in [5.41, 5.74) is 5.12. The van der Waals surface area contributed by atoms with Crippen LogP contribution in [0, 0.1) is 5.92 Å². The van der Waals surface area contributed by atoms with Gasteiger partial charge in [0, 0.05) is 9.97 Å². The minimum Gasteiger partial charge on any atom is -0.368 e. The second kappa shape index (κ2) is 2.07. The Hall–Kier alpha value is 0.160. The van der Waals surface area contributed by atoms with E-state index in [2.05, 4.69) is 27.9 Å². The monoisotopic (exact) mass is 252 g/mol. The Balaban J connectivity index is 1.95. The zero-order valence-corrected chi connectivity index (χ0v) is 7.54. The Bertz CT molecular complexity index is 173. The quantitative estimate of drug-likeness (QED) is 0.494. The number of amides is 1. The van der Waals surface area contributed by atoms with E-state index in [0.717, 1.165) is 16.3 Å². The topological polar surface area (TPSA) is 55.1 Å². The molecule has 0 aromatic rings. The maximum Gasteiger partial charge on any atom is 0.234 e. The molecule has 2 aliphatic rings. The third-order valence-electron chi connectivity index (χ3n) is 2.32. The molecule has 1 heterocycles. The van der Waals surface area contributed by atoms with Gasteiger partial charge in [-0.15, -0.1) is 0 Å². The first-order chi connectivity index (χ1) is 4.70. The lowest BCUT2D eigenvalue weighted by Gasteiger charge is -2.08. The molecule has 2 rings (SSSR count). The van der Waals surface area contributed by atoms with Gasteiger partial charge < -0.3 is 11.1 Å². The molecule has 3 nitrogen and oxygen atoms in total. The first-order valence-electron chi connectivity index (χ1n) is 3.39. The van der Waals surface area contributed by atoms with Gasteiger partial charge in [-0.3, -0.25) is 4.79 Å². The second-order valence-corrected chi connectivity index (χ2v) is 4.43. The molecule has 1 aliphatic carbocycles. The lowest BCUT2D eigenvalue weighted by Crippen LogP contribution is -2.39. The van der Waals surface area contributed by atoms with Crippen LogP contribution in [-0.2, 0) is 4.79 Å². The van der Waals surface area contributed by atoms with Crippen LogP contribution in [0.4, 0.5) is 0 Å². The number of primary amides is 1. The second-order valence-electron chi connectivity index (χ2n) is 2.99. The summed E-state index contributed by atoms with van der Waals surface area (Å²) in [6.07, 6.45) is 0.952. The number of nitrogens with two attached hydrogens (primary N) is 1. The molecule has 1 unspecified atom stereocenters. The summed E-state index contributed by atoms with van der Waals surface area (Å²) in [5, 5.41) is 3.20. The highest BCUT2D eigenvalue weighted by molar-refractivity contribution is 14.1. The molecule has 1 saturated heterocycles. The largest absolute Gasteiger partial charge is 0.368 e. The van der Waals surface area contributed by atoms with Crippen LogP contribution in [0.1, 0.15) is 6.42 Å². The number of halogens is 1. The maximum absolute atomic E-state index is 10.6. The lowest BCUT2D eigenvalue weighted by molar-refractivity contribution is -0.119. The van der Waals surface area contributed by atoms with Crippen LogP contribution < -0.4 is 11.1 Å². The highest BCUT2D eigenvalue weighted by Gasteiger charge is 2.55. The van der Waals surface area contributed by atoms with Crippen molar-refractivity contribution in [2.45, 2.75) is 22.4 Å². The number of rotatable bonds is 1. The number of hydrogen-bond acceptors (Lipinski definition) is 2. The van der Waals surface area contributed by atoms with Crippen LogP contribution in [0.5, 0.6) is 0 Å². The third kappa shape index (κ3) is 0.852. The van der Waals surface area contributed by atoms with Crippen LogP contribution in [0.15, 0.2) is 0 Å². The Morgan fingerprint density at radius 2 is 2.40 bits per heavy atom. The summed E-state index contributed by atoms with van der Waals surface area (Å²) in [5.74, 6) is 0.522. The zero-order chi connectivity index (χ0) is 7.30. The van der Waals surface area contributed by atoms with Gasteiger partial charge in [-0.05, 0) is 12.3 Å². The van der Waals surface area contributed by atoms with E-state index in [4.69, 9.17) is 5.73 Å². The minimum absolute atomic E-state index is 0.0407.